The van der Waals surface area contributed by atoms with E-state index in [9.17, 15) is 20.1 Å². The molecule has 2 aromatic rings. The largest absolute Gasteiger partial charge is 0.493 e. The topological polar surface area (TPSA) is 132 Å². The second kappa shape index (κ2) is 10.3. The Morgan fingerprint density at radius 3 is 2.72 bits per heavy atom. The number of fused-ring (bicyclic) bond motifs is 1. The number of ether oxygens (including phenoxy) is 2. The molecule has 32 heavy (non-hydrogen) atoms. The average Bonchev–Trinajstić information content (AvgIpc) is 3.12. The maximum absolute atomic E-state index is 12.8. The lowest BCUT2D eigenvalue weighted by Crippen LogP contribution is -2.13. The summed E-state index contributed by atoms with van der Waals surface area (Å²) in [6.45, 7) is -0.554. The summed E-state index contributed by atoms with van der Waals surface area (Å²) in [6, 6.07) is 7.17. The van der Waals surface area contributed by atoms with Gasteiger partial charge in [-0.1, -0.05) is 0 Å². The second-order valence-electron chi connectivity index (χ2n) is 6.87. The number of nitrogens with zero attached hydrogens (tertiary/aromatic N) is 2. The number of aliphatic carboxylic acids is 1. The van der Waals surface area contributed by atoms with E-state index in [1.165, 1.54) is 30.6 Å². The zero-order valence-electron chi connectivity index (χ0n) is 17.0. The van der Waals surface area contributed by atoms with Gasteiger partial charge in [-0.3, -0.25) is 4.79 Å². The molecule has 0 spiro atoms. The summed E-state index contributed by atoms with van der Waals surface area (Å²) in [4.78, 5) is 24.7. The van der Waals surface area contributed by atoms with Crippen LogP contribution < -0.4 is 14.8 Å². The third kappa shape index (κ3) is 5.10. The molecule has 0 bridgehead atoms. The fourth-order valence-corrected chi connectivity index (χ4v) is 5.16. The first-order valence-corrected chi connectivity index (χ1v) is 11.2. The molecule has 0 unspecified atom stereocenters. The number of hydrogen-bond acceptors (Lipinski definition) is 7. The van der Waals surface area contributed by atoms with Crippen molar-refractivity contribution >= 4 is 50.2 Å². The van der Waals surface area contributed by atoms with Crippen LogP contribution in [0.2, 0.25) is 0 Å². The predicted octanol–water partition coefficient (Wildman–Crippen LogP) is 4.28. The van der Waals surface area contributed by atoms with Crippen molar-refractivity contribution in [1.29, 1.82) is 10.5 Å². The van der Waals surface area contributed by atoms with Crippen LogP contribution in [0.5, 0.6) is 11.5 Å². The summed E-state index contributed by atoms with van der Waals surface area (Å²) in [6.07, 6.45) is 5.14. The molecule has 1 aromatic heterocycles. The number of carbonyl (C=O) groups excluding carboxylic acids is 1. The summed E-state index contributed by atoms with van der Waals surface area (Å²) in [5.41, 5.74) is 1.77. The number of carbonyl (C=O) groups is 2. The summed E-state index contributed by atoms with van der Waals surface area (Å²) >= 11 is 4.68. The van der Waals surface area contributed by atoms with Crippen molar-refractivity contribution in [2.24, 2.45) is 0 Å². The Balaban J connectivity index is 1.88. The highest BCUT2D eigenvalue weighted by Gasteiger charge is 2.23. The van der Waals surface area contributed by atoms with E-state index in [-0.39, 0.29) is 17.1 Å². The molecular formula is C22H18BrN3O5S. The number of methoxy groups -OCH3 is 1. The zero-order valence-corrected chi connectivity index (χ0v) is 19.4. The number of rotatable bonds is 7. The third-order valence-corrected chi connectivity index (χ3v) is 6.57. The Hall–Kier alpha value is -3.34. The number of amides is 1. The van der Waals surface area contributed by atoms with Crippen molar-refractivity contribution in [2.75, 3.05) is 19.0 Å². The maximum Gasteiger partial charge on any atom is 0.341 e. The third-order valence-electron chi connectivity index (χ3n) is 4.78. The molecule has 0 saturated heterocycles. The molecule has 8 nitrogen and oxygen atoms in total. The normalized spacial score (nSPS) is 12.8. The molecule has 0 radical (unpaired) electrons. The molecule has 1 aromatic carbocycles. The summed E-state index contributed by atoms with van der Waals surface area (Å²) in [5, 5.41) is 31.1. The van der Waals surface area contributed by atoms with Gasteiger partial charge >= 0.3 is 5.97 Å². The van der Waals surface area contributed by atoms with Crippen LogP contribution in [0, 0.1) is 22.7 Å². The Kier molecular flexibility index (Phi) is 7.52. The fraction of sp³-hybridized carbons (Fsp3) is 0.273. The van der Waals surface area contributed by atoms with Gasteiger partial charge in [0.05, 0.1) is 17.1 Å². The van der Waals surface area contributed by atoms with Crippen molar-refractivity contribution in [1.82, 2.24) is 0 Å². The molecular weight excluding hydrogens is 498 g/mol. The number of nitrogens with one attached hydrogen (secondary N) is 1. The van der Waals surface area contributed by atoms with Crippen LogP contribution in [0.15, 0.2) is 22.2 Å². The number of nitriles is 2. The van der Waals surface area contributed by atoms with E-state index in [1.54, 1.807) is 6.07 Å². The van der Waals surface area contributed by atoms with Crippen molar-refractivity contribution < 1.29 is 24.2 Å². The number of carboxylic acid groups (broad SMARTS) is 1. The summed E-state index contributed by atoms with van der Waals surface area (Å²) in [5.74, 6) is -1.33. The lowest BCUT2D eigenvalue weighted by atomic mass is 9.96. The number of aryl methyl sites for hydroxylation is 1. The summed E-state index contributed by atoms with van der Waals surface area (Å²) < 4.78 is 10.9. The van der Waals surface area contributed by atoms with Crippen molar-refractivity contribution in [3.05, 3.63) is 43.7 Å². The van der Waals surface area contributed by atoms with E-state index >= 15 is 0 Å². The minimum Gasteiger partial charge on any atom is -0.493 e. The standard InChI is InChI=1S/C22H18BrN3O5S/c1-30-17-8-12(7-16(23)20(17)31-11-19(27)28)6-13(9-24)21(29)26-22-15(10-25)14-4-2-3-5-18(14)32-22/h6-8H,2-5,11H2,1H3,(H,26,29)(H,27,28)/b13-6+. The molecule has 0 aliphatic heterocycles. The van der Waals surface area contributed by atoms with Gasteiger partial charge in [0.25, 0.3) is 5.91 Å². The Labute approximate surface area is 196 Å². The van der Waals surface area contributed by atoms with Crippen LogP contribution in [0.3, 0.4) is 0 Å². The van der Waals surface area contributed by atoms with Crippen LogP contribution in [-0.4, -0.2) is 30.7 Å². The number of hydrogen-bond donors (Lipinski definition) is 2. The Morgan fingerprint density at radius 1 is 1.31 bits per heavy atom. The molecule has 0 atom stereocenters. The van der Waals surface area contributed by atoms with Crippen molar-refractivity contribution in [2.45, 2.75) is 25.7 Å². The number of thiophene rings is 1. The van der Waals surface area contributed by atoms with Gasteiger partial charge in [-0.2, -0.15) is 10.5 Å². The van der Waals surface area contributed by atoms with Gasteiger partial charge in [0.1, 0.15) is 22.7 Å². The quantitative estimate of drug-likeness (QED) is 0.415. The fourth-order valence-electron chi connectivity index (χ4n) is 3.36. The van der Waals surface area contributed by atoms with E-state index in [1.807, 2.05) is 6.07 Å². The zero-order chi connectivity index (χ0) is 23.3. The number of benzene rings is 1. The van der Waals surface area contributed by atoms with Crippen LogP contribution in [0.1, 0.15) is 34.4 Å². The van der Waals surface area contributed by atoms with E-state index < -0.39 is 18.5 Å². The molecule has 10 heteroatoms. The molecule has 0 fully saturated rings. The van der Waals surface area contributed by atoms with Gasteiger partial charge in [0.2, 0.25) is 0 Å². The first-order valence-electron chi connectivity index (χ1n) is 9.57. The molecule has 1 aliphatic carbocycles. The average molecular weight is 516 g/mol. The highest BCUT2D eigenvalue weighted by Crippen LogP contribution is 2.39. The van der Waals surface area contributed by atoms with Crippen molar-refractivity contribution in [3.8, 4) is 23.6 Å². The summed E-state index contributed by atoms with van der Waals surface area (Å²) in [7, 11) is 1.39. The van der Waals surface area contributed by atoms with Gasteiger partial charge in [0, 0.05) is 4.88 Å². The highest BCUT2D eigenvalue weighted by atomic mass is 79.9. The van der Waals surface area contributed by atoms with E-state index in [0.29, 0.717) is 20.6 Å². The number of anilines is 1. The van der Waals surface area contributed by atoms with Gasteiger partial charge < -0.3 is 19.9 Å². The number of carboxylic acids is 1. The van der Waals surface area contributed by atoms with Crippen LogP contribution in [-0.2, 0) is 22.4 Å². The molecule has 164 valence electrons. The van der Waals surface area contributed by atoms with Crippen molar-refractivity contribution in [3.63, 3.8) is 0 Å². The second-order valence-corrected chi connectivity index (χ2v) is 8.83. The molecule has 2 N–H and O–H groups in total. The van der Waals surface area contributed by atoms with Gasteiger partial charge in [-0.15, -0.1) is 11.3 Å². The minimum absolute atomic E-state index is 0.159. The molecule has 0 saturated carbocycles. The minimum atomic E-state index is -1.14. The smallest absolute Gasteiger partial charge is 0.341 e. The molecule has 1 amide bonds. The van der Waals surface area contributed by atoms with E-state index in [4.69, 9.17) is 14.6 Å². The SMILES string of the molecule is COc1cc(/C=C(\C#N)C(=O)Nc2sc3c(c2C#N)CCCC3)cc(Br)c1OCC(=O)O. The van der Waals surface area contributed by atoms with E-state index in [2.05, 4.69) is 27.3 Å². The van der Waals surface area contributed by atoms with Crippen LogP contribution in [0.4, 0.5) is 5.00 Å². The Morgan fingerprint density at radius 2 is 2.06 bits per heavy atom. The van der Waals surface area contributed by atoms with Crippen LogP contribution >= 0.6 is 27.3 Å². The Bertz CT molecular complexity index is 1190. The molecule has 1 heterocycles. The molecule has 1 aliphatic rings. The molecule has 3 rings (SSSR count). The van der Waals surface area contributed by atoms with Gasteiger partial charge in [-0.05, 0) is 70.9 Å². The first-order chi connectivity index (χ1) is 15.4. The lowest BCUT2D eigenvalue weighted by molar-refractivity contribution is -0.139. The van der Waals surface area contributed by atoms with E-state index in [0.717, 1.165) is 36.1 Å². The maximum atomic E-state index is 12.8. The van der Waals surface area contributed by atoms with Crippen LogP contribution in [0.25, 0.3) is 6.08 Å². The van der Waals surface area contributed by atoms with Gasteiger partial charge in [-0.25, -0.2) is 4.79 Å². The highest BCUT2D eigenvalue weighted by molar-refractivity contribution is 9.10. The van der Waals surface area contributed by atoms with Gasteiger partial charge in [0.15, 0.2) is 18.1 Å². The number of halogens is 1. The predicted molar refractivity (Wildman–Crippen MR) is 122 cm³/mol. The lowest BCUT2D eigenvalue weighted by Gasteiger charge is -2.12. The first kappa shape index (κ1) is 23.3. The monoisotopic (exact) mass is 515 g/mol.